The third-order valence-corrected chi connectivity index (χ3v) is 5.00. The number of allylic oxidation sites excluding steroid dienone is 1. The lowest BCUT2D eigenvalue weighted by atomic mass is 9.94. The first-order valence-electron chi connectivity index (χ1n) is 10.6. The van der Waals surface area contributed by atoms with Gasteiger partial charge in [-0.3, -0.25) is 20.2 Å². The summed E-state index contributed by atoms with van der Waals surface area (Å²) in [6.45, 7) is 2.11. The fraction of sp³-hybridized carbons (Fsp3) is 0.850. The number of aliphatic hydroxyl groups excluding tert-OH is 2. The van der Waals surface area contributed by atoms with Gasteiger partial charge in [-0.2, -0.15) is 0 Å². The summed E-state index contributed by atoms with van der Waals surface area (Å²) in [4.78, 5) is 31.5. The summed E-state index contributed by atoms with van der Waals surface area (Å²) < 4.78 is 0. The van der Waals surface area contributed by atoms with E-state index in [9.17, 15) is 35.2 Å². The minimum atomic E-state index is -1.53. The molecule has 0 heterocycles. The topological polar surface area (TPSA) is 144 Å². The Morgan fingerprint density at radius 3 is 2.03 bits per heavy atom. The Morgan fingerprint density at radius 1 is 0.828 bits per heavy atom. The number of unbranched alkanes of at least 4 members (excludes halogenated alkanes) is 7. The maximum absolute atomic E-state index is 11.3. The molecule has 0 saturated carbocycles. The zero-order valence-electron chi connectivity index (χ0n) is 17.4. The van der Waals surface area contributed by atoms with Crippen molar-refractivity contribution in [3.63, 3.8) is 0 Å². The maximum Gasteiger partial charge on any atom is 0.242 e. The first kappa shape index (κ1) is 27.1. The van der Waals surface area contributed by atoms with Crippen molar-refractivity contribution < 1.29 is 24.9 Å². The molecule has 0 aromatic rings. The van der Waals surface area contributed by atoms with Gasteiger partial charge in [0.2, 0.25) is 12.1 Å². The fourth-order valence-corrected chi connectivity index (χ4v) is 3.17. The smallest absolute Gasteiger partial charge is 0.242 e. The Hall–Kier alpha value is -1.87. The molecule has 0 bridgehead atoms. The second-order valence-corrected chi connectivity index (χ2v) is 7.44. The predicted molar refractivity (Wildman–Crippen MR) is 110 cm³/mol. The monoisotopic (exact) mass is 416 g/mol. The van der Waals surface area contributed by atoms with E-state index in [1.54, 1.807) is 12.2 Å². The van der Waals surface area contributed by atoms with E-state index in [0.717, 1.165) is 38.4 Å². The summed E-state index contributed by atoms with van der Waals surface area (Å²) in [6.07, 6.45) is 8.51. The average Bonchev–Trinajstić information content (AvgIpc) is 2.67. The number of carbonyl (C=O) groups excluding carboxylic acids is 1. The molecule has 4 atom stereocenters. The molecule has 2 N–H and O–H groups in total. The molecule has 0 aliphatic carbocycles. The van der Waals surface area contributed by atoms with E-state index in [2.05, 4.69) is 6.92 Å². The molecule has 29 heavy (non-hydrogen) atoms. The van der Waals surface area contributed by atoms with Crippen LogP contribution in [0.2, 0.25) is 0 Å². The standard InChI is InChI=1S/C20H36N2O7/c1-2-3-4-5-8-11-14-19(24)18(22(28)29)16-20(25)17(21(26)27)13-10-7-6-9-12-15-23/h7,10,15,17-20,24-25H,2-6,8-9,11-14,16H2,1H3/b10-7-. The van der Waals surface area contributed by atoms with Crippen LogP contribution in [-0.2, 0) is 4.79 Å². The molecule has 0 spiro atoms. The largest absolute Gasteiger partial charge is 0.386 e. The molecule has 0 aliphatic rings. The number of nitro groups is 2. The molecule has 4 unspecified atom stereocenters. The van der Waals surface area contributed by atoms with Crippen molar-refractivity contribution in [1.29, 1.82) is 0 Å². The molecule has 0 aromatic carbocycles. The predicted octanol–water partition coefficient (Wildman–Crippen LogP) is 3.46. The van der Waals surface area contributed by atoms with Crippen LogP contribution in [0.5, 0.6) is 0 Å². The van der Waals surface area contributed by atoms with Crippen molar-refractivity contribution in [2.24, 2.45) is 0 Å². The second-order valence-electron chi connectivity index (χ2n) is 7.44. The summed E-state index contributed by atoms with van der Waals surface area (Å²) in [6, 6.07) is -2.80. The van der Waals surface area contributed by atoms with Crippen LogP contribution in [0, 0.1) is 20.2 Å². The van der Waals surface area contributed by atoms with Crippen molar-refractivity contribution in [3.05, 3.63) is 32.4 Å². The van der Waals surface area contributed by atoms with Gasteiger partial charge in [-0.1, -0.05) is 57.6 Å². The molecule has 0 aliphatic heterocycles. The van der Waals surface area contributed by atoms with Gasteiger partial charge in [0.15, 0.2) is 0 Å². The van der Waals surface area contributed by atoms with Crippen LogP contribution in [-0.4, -0.2) is 50.6 Å². The number of nitrogens with zero attached hydrogens (tertiary/aromatic N) is 2. The molecule has 0 aromatic heterocycles. The number of aliphatic hydroxyl groups is 2. The van der Waals surface area contributed by atoms with E-state index < -0.39 is 40.6 Å². The third kappa shape index (κ3) is 13.1. The quantitative estimate of drug-likeness (QED) is 0.108. The minimum Gasteiger partial charge on any atom is -0.386 e. The summed E-state index contributed by atoms with van der Waals surface area (Å²) in [5, 5.41) is 43.0. The zero-order chi connectivity index (χ0) is 22.1. The maximum atomic E-state index is 11.3. The molecule has 0 saturated heterocycles. The van der Waals surface area contributed by atoms with E-state index in [-0.39, 0.29) is 12.8 Å². The van der Waals surface area contributed by atoms with Gasteiger partial charge in [0.1, 0.15) is 18.5 Å². The summed E-state index contributed by atoms with van der Waals surface area (Å²) in [5.74, 6) is 0. The fourth-order valence-electron chi connectivity index (χ4n) is 3.17. The highest BCUT2D eigenvalue weighted by molar-refractivity contribution is 5.48. The van der Waals surface area contributed by atoms with E-state index >= 15 is 0 Å². The van der Waals surface area contributed by atoms with E-state index in [4.69, 9.17) is 0 Å². The Labute approximate surface area is 172 Å². The Bertz CT molecular complexity index is 499. The summed E-state index contributed by atoms with van der Waals surface area (Å²) in [7, 11) is 0. The zero-order valence-corrected chi connectivity index (χ0v) is 17.4. The lowest BCUT2D eigenvalue weighted by Gasteiger charge is -2.20. The summed E-state index contributed by atoms with van der Waals surface area (Å²) >= 11 is 0. The van der Waals surface area contributed by atoms with Gasteiger partial charge < -0.3 is 15.0 Å². The minimum absolute atomic E-state index is 0.0623. The molecular weight excluding hydrogens is 380 g/mol. The van der Waals surface area contributed by atoms with Crippen molar-refractivity contribution in [2.75, 3.05) is 0 Å². The van der Waals surface area contributed by atoms with E-state index in [1.807, 2.05) is 0 Å². The summed E-state index contributed by atoms with van der Waals surface area (Å²) in [5.41, 5.74) is 0. The van der Waals surface area contributed by atoms with Crippen LogP contribution in [0.4, 0.5) is 0 Å². The number of hydrogen-bond donors (Lipinski definition) is 2. The molecular formula is C20H36N2O7. The van der Waals surface area contributed by atoms with Crippen LogP contribution in [0.3, 0.4) is 0 Å². The first-order chi connectivity index (χ1) is 13.8. The van der Waals surface area contributed by atoms with Crippen molar-refractivity contribution in [1.82, 2.24) is 0 Å². The van der Waals surface area contributed by atoms with E-state index in [0.29, 0.717) is 25.7 Å². The number of aldehydes is 1. The van der Waals surface area contributed by atoms with Gasteiger partial charge in [-0.05, 0) is 19.3 Å². The SMILES string of the molecule is CCCCCCCCC(O)C(CC(O)C(C/C=C\CCCC=O)[N+](=O)[O-])[N+](=O)[O-]. The van der Waals surface area contributed by atoms with Gasteiger partial charge in [0.25, 0.3) is 0 Å². The average molecular weight is 417 g/mol. The van der Waals surface area contributed by atoms with E-state index in [1.165, 1.54) is 0 Å². The number of hydrogen-bond acceptors (Lipinski definition) is 7. The molecule has 0 amide bonds. The van der Waals surface area contributed by atoms with Crippen molar-refractivity contribution in [3.8, 4) is 0 Å². The van der Waals surface area contributed by atoms with Gasteiger partial charge in [0, 0.05) is 22.7 Å². The van der Waals surface area contributed by atoms with Crippen molar-refractivity contribution in [2.45, 2.75) is 108 Å². The van der Waals surface area contributed by atoms with Gasteiger partial charge in [-0.25, -0.2) is 0 Å². The van der Waals surface area contributed by atoms with Gasteiger partial charge >= 0.3 is 0 Å². The van der Waals surface area contributed by atoms with Crippen molar-refractivity contribution >= 4 is 6.29 Å². The molecule has 0 fully saturated rings. The van der Waals surface area contributed by atoms with Gasteiger partial charge in [0.05, 0.1) is 6.42 Å². The molecule has 9 heteroatoms. The molecule has 168 valence electrons. The normalized spacial score (nSPS) is 15.7. The highest BCUT2D eigenvalue weighted by Gasteiger charge is 2.38. The van der Waals surface area contributed by atoms with Crippen LogP contribution in [0.15, 0.2) is 12.2 Å². The Balaban J connectivity index is 4.60. The molecule has 9 nitrogen and oxygen atoms in total. The second kappa shape index (κ2) is 17.0. The molecule has 0 rings (SSSR count). The van der Waals surface area contributed by atoms with Crippen LogP contribution < -0.4 is 0 Å². The Kier molecular flexibility index (Phi) is 15.9. The molecule has 0 radical (unpaired) electrons. The van der Waals surface area contributed by atoms with Crippen LogP contribution in [0.25, 0.3) is 0 Å². The third-order valence-electron chi connectivity index (χ3n) is 5.00. The lowest BCUT2D eigenvalue weighted by molar-refractivity contribution is -0.553. The highest BCUT2D eigenvalue weighted by Crippen LogP contribution is 2.18. The first-order valence-corrected chi connectivity index (χ1v) is 10.6. The lowest BCUT2D eigenvalue weighted by Crippen LogP contribution is -2.42. The number of carbonyl (C=O) groups is 1. The highest BCUT2D eigenvalue weighted by atomic mass is 16.6. The van der Waals surface area contributed by atoms with Crippen LogP contribution in [0.1, 0.15) is 84.0 Å². The van der Waals surface area contributed by atoms with Crippen LogP contribution >= 0.6 is 0 Å². The number of rotatable bonds is 19. The van der Waals surface area contributed by atoms with Gasteiger partial charge in [-0.15, -0.1) is 0 Å². The Morgan fingerprint density at radius 2 is 1.45 bits per heavy atom.